The van der Waals surface area contributed by atoms with Crippen LogP contribution < -0.4 is 5.32 Å². The molecule has 1 aliphatic carbocycles. The second kappa shape index (κ2) is 7.64. The fourth-order valence-electron chi connectivity index (χ4n) is 3.40. The summed E-state index contributed by atoms with van der Waals surface area (Å²) in [5, 5.41) is 12.2. The van der Waals surface area contributed by atoms with E-state index in [1.165, 1.54) is 38.8 Å². The Labute approximate surface area is 122 Å². The van der Waals surface area contributed by atoms with E-state index in [9.17, 15) is 10.1 Å². The molecule has 0 radical (unpaired) electrons. The van der Waals surface area contributed by atoms with Crippen LogP contribution in [0.15, 0.2) is 0 Å². The summed E-state index contributed by atoms with van der Waals surface area (Å²) in [6.07, 6.45) is 9.82. The normalized spacial score (nSPS) is 22.9. The molecule has 4 heteroatoms. The Morgan fingerprint density at radius 3 is 2.35 bits per heavy atom. The minimum absolute atomic E-state index is 0.0339. The smallest absolute Gasteiger partial charge is 0.240 e. The van der Waals surface area contributed by atoms with Crippen molar-refractivity contribution in [3.05, 3.63) is 0 Å². The number of hydrogen-bond donors (Lipinski definition) is 1. The summed E-state index contributed by atoms with van der Waals surface area (Å²) in [5.74, 6) is -0.0339. The number of hydrogen-bond acceptors (Lipinski definition) is 3. The number of rotatable bonds is 5. The Morgan fingerprint density at radius 1 is 1.10 bits per heavy atom. The van der Waals surface area contributed by atoms with E-state index >= 15 is 0 Å². The summed E-state index contributed by atoms with van der Waals surface area (Å²) < 4.78 is 0. The van der Waals surface area contributed by atoms with Crippen LogP contribution in [0.25, 0.3) is 0 Å². The van der Waals surface area contributed by atoms with Crippen molar-refractivity contribution in [2.45, 2.75) is 57.8 Å². The molecular weight excluding hydrogens is 250 g/mol. The first kappa shape index (κ1) is 15.3. The molecule has 0 atom stereocenters. The summed E-state index contributed by atoms with van der Waals surface area (Å²) in [5.41, 5.74) is -0.720. The van der Waals surface area contributed by atoms with Crippen molar-refractivity contribution in [1.29, 1.82) is 5.26 Å². The van der Waals surface area contributed by atoms with E-state index in [-0.39, 0.29) is 5.91 Å². The van der Waals surface area contributed by atoms with Gasteiger partial charge in [-0.15, -0.1) is 0 Å². The SMILES string of the molecule is N#CC1(C(=O)NCCCN2CCCCCC2)CCCC1. The lowest BCUT2D eigenvalue weighted by Gasteiger charge is -2.21. The van der Waals surface area contributed by atoms with Crippen LogP contribution in [0.5, 0.6) is 0 Å². The summed E-state index contributed by atoms with van der Waals surface area (Å²) in [6, 6.07) is 2.25. The highest BCUT2D eigenvalue weighted by molar-refractivity contribution is 5.85. The molecule has 2 aliphatic rings. The molecular formula is C16H27N3O. The van der Waals surface area contributed by atoms with Crippen LogP contribution in [-0.2, 0) is 4.79 Å². The van der Waals surface area contributed by atoms with Gasteiger partial charge in [0.15, 0.2) is 0 Å². The molecule has 2 rings (SSSR count). The van der Waals surface area contributed by atoms with E-state index in [2.05, 4.69) is 16.3 Å². The van der Waals surface area contributed by atoms with Gasteiger partial charge in [-0.25, -0.2) is 0 Å². The van der Waals surface area contributed by atoms with Crippen LogP contribution in [0, 0.1) is 16.7 Å². The van der Waals surface area contributed by atoms with Crippen LogP contribution in [0.1, 0.15) is 57.8 Å². The van der Waals surface area contributed by atoms with E-state index in [1.54, 1.807) is 0 Å². The summed E-state index contributed by atoms with van der Waals surface area (Å²) in [4.78, 5) is 14.7. The van der Waals surface area contributed by atoms with Gasteiger partial charge >= 0.3 is 0 Å². The van der Waals surface area contributed by atoms with Crippen molar-refractivity contribution in [3.63, 3.8) is 0 Å². The van der Waals surface area contributed by atoms with Gasteiger partial charge in [0, 0.05) is 6.54 Å². The summed E-state index contributed by atoms with van der Waals surface area (Å²) >= 11 is 0. The highest BCUT2D eigenvalue weighted by atomic mass is 16.2. The molecule has 20 heavy (non-hydrogen) atoms. The predicted octanol–water partition coefficient (Wildman–Crippen LogP) is 2.45. The lowest BCUT2D eigenvalue weighted by molar-refractivity contribution is -0.127. The Kier molecular flexibility index (Phi) is 5.85. The Hall–Kier alpha value is -1.08. The number of nitrogens with zero attached hydrogens (tertiary/aromatic N) is 2. The average Bonchev–Trinajstić information content (AvgIpc) is 2.82. The molecule has 1 amide bonds. The highest BCUT2D eigenvalue weighted by Gasteiger charge is 2.41. The highest BCUT2D eigenvalue weighted by Crippen LogP contribution is 2.37. The molecule has 0 spiro atoms. The number of amides is 1. The van der Waals surface area contributed by atoms with E-state index in [1.807, 2.05) is 0 Å². The summed E-state index contributed by atoms with van der Waals surface area (Å²) in [7, 11) is 0. The maximum absolute atomic E-state index is 12.2. The van der Waals surface area contributed by atoms with E-state index in [0.29, 0.717) is 6.54 Å². The maximum atomic E-state index is 12.2. The molecule has 0 aromatic carbocycles. The minimum Gasteiger partial charge on any atom is -0.355 e. The number of carbonyl (C=O) groups is 1. The topological polar surface area (TPSA) is 56.1 Å². The lowest BCUT2D eigenvalue weighted by Crippen LogP contribution is -2.39. The molecule has 2 fully saturated rings. The van der Waals surface area contributed by atoms with Gasteiger partial charge in [0.1, 0.15) is 5.41 Å². The second-order valence-corrected chi connectivity index (χ2v) is 6.27. The van der Waals surface area contributed by atoms with E-state index in [0.717, 1.165) is 38.6 Å². The molecule has 4 nitrogen and oxygen atoms in total. The zero-order valence-electron chi connectivity index (χ0n) is 12.5. The lowest BCUT2D eigenvalue weighted by atomic mass is 9.87. The molecule has 0 aromatic rings. The third kappa shape index (κ3) is 3.96. The van der Waals surface area contributed by atoms with Crippen molar-refractivity contribution < 1.29 is 4.79 Å². The maximum Gasteiger partial charge on any atom is 0.240 e. The van der Waals surface area contributed by atoms with E-state index in [4.69, 9.17) is 0 Å². The molecule has 0 aromatic heterocycles. The van der Waals surface area contributed by atoms with Crippen LogP contribution in [0.3, 0.4) is 0 Å². The first-order chi connectivity index (χ1) is 9.77. The quantitative estimate of drug-likeness (QED) is 0.785. The van der Waals surface area contributed by atoms with Crippen LogP contribution in [0.2, 0.25) is 0 Å². The van der Waals surface area contributed by atoms with Crippen LogP contribution in [0.4, 0.5) is 0 Å². The third-order valence-corrected chi connectivity index (χ3v) is 4.74. The molecule has 0 bridgehead atoms. The van der Waals surface area contributed by atoms with Gasteiger partial charge in [0.2, 0.25) is 5.91 Å². The zero-order valence-corrected chi connectivity index (χ0v) is 12.5. The summed E-state index contributed by atoms with van der Waals surface area (Å²) in [6.45, 7) is 4.19. The number of nitriles is 1. The van der Waals surface area contributed by atoms with E-state index < -0.39 is 5.41 Å². The Bertz CT molecular complexity index is 347. The molecule has 1 N–H and O–H groups in total. The van der Waals surface area contributed by atoms with Gasteiger partial charge in [-0.1, -0.05) is 25.7 Å². The van der Waals surface area contributed by atoms with Gasteiger partial charge in [-0.05, 0) is 51.7 Å². The third-order valence-electron chi connectivity index (χ3n) is 4.74. The van der Waals surface area contributed by atoms with Gasteiger partial charge in [-0.2, -0.15) is 5.26 Å². The van der Waals surface area contributed by atoms with Crippen molar-refractivity contribution in [1.82, 2.24) is 10.2 Å². The number of carbonyl (C=O) groups excluding carboxylic acids is 1. The molecule has 1 saturated carbocycles. The average molecular weight is 277 g/mol. The second-order valence-electron chi connectivity index (χ2n) is 6.27. The van der Waals surface area contributed by atoms with Gasteiger partial charge < -0.3 is 10.2 Å². The fourth-order valence-corrected chi connectivity index (χ4v) is 3.40. The van der Waals surface area contributed by atoms with Gasteiger partial charge in [0.05, 0.1) is 6.07 Å². The molecule has 1 heterocycles. The Morgan fingerprint density at radius 2 is 1.75 bits per heavy atom. The Balaban J connectivity index is 1.65. The van der Waals surface area contributed by atoms with Crippen molar-refractivity contribution in [2.24, 2.45) is 5.41 Å². The number of likely N-dealkylation sites (tertiary alicyclic amines) is 1. The van der Waals surface area contributed by atoms with Crippen molar-refractivity contribution in [3.8, 4) is 6.07 Å². The first-order valence-corrected chi connectivity index (χ1v) is 8.19. The first-order valence-electron chi connectivity index (χ1n) is 8.19. The standard InChI is InChI=1S/C16H27N3O/c17-14-16(8-3-4-9-16)15(20)18-10-7-13-19-11-5-1-2-6-12-19/h1-13H2,(H,18,20). The zero-order chi connectivity index (χ0) is 14.3. The monoisotopic (exact) mass is 277 g/mol. The van der Waals surface area contributed by atoms with Gasteiger partial charge in [0.25, 0.3) is 0 Å². The molecule has 1 aliphatic heterocycles. The van der Waals surface area contributed by atoms with Crippen LogP contribution in [-0.4, -0.2) is 37.0 Å². The number of nitrogens with one attached hydrogen (secondary N) is 1. The molecule has 0 unspecified atom stereocenters. The van der Waals surface area contributed by atoms with Crippen LogP contribution >= 0.6 is 0 Å². The minimum atomic E-state index is -0.720. The molecule has 112 valence electrons. The molecule has 1 saturated heterocycles. The van der Waals surface area contributed by atoms with Crippen molar-refractivity contribution in [2.75, 3.05) is 26.2 Å². The fraction of sp³-hybridized carbons (Fsp3) is 0.875. The van der Waals surface area contributed by atoms with Crippen molar-refractivity contribution >= 4 is 5.91 Å². The van der Waals surface area contributed by atoms with Gasteiger partial charge in [-0.3, -0.25) is 4.79 Å². The predicted molar refractivity (Wildman–Crippen MR) is 79.0 cm³/mol. The largest absolute Gasteiger partial charge is 0.355 e.